The van der Waals surface area contributed by atoms with Gasteiger partial charge in [0.15, 0.2) is 5.82 Å². The van der Waals surface area contributed by atoms with E-state index in [2.05, 4.69) is 5.32 Å². The van der Waals surface area contributed by atoms with Crippen molar-refractivity contribution in [2.75, 3.05) is 5.32 Å². The molecule has 6 heteroatoms. The Hall–Kier alpha value is -2.14. The van der Waals surface area contributed by atoms with Crippen LogP contribution in [0, 0.1) is 22.9 Å². The second-order valence-corrected chi connectivity index (χ2v) is 4.74. The summed E-state index contributed by atoms with van der Waals surface area (Å²) in [5.74, 6) is -0.532. The van der Waals surface area contributed by atoms with Gasteiger partial charge in [0, 0.05) is 18.2 Å². The van der Waals surface area contributed by atoms with Crippen LogP contribution in [0.4, 0.5) is 15.8 Å². The van der Waals surface area contributed by atoms with Crippen LogP contribution in [0.3, 0.4) is 0 Å². The number of nitro groups is 1. The number of nitrogens with one attached hydrogen (secondary N) is 1. The summed E-state index contributed by atoms with van der Waals surface area (Å²) >= 11 is 5.68. The average Bonchev–Trinajstić information content (AvgIpc) is 2.41. The maximum absolute atomic E-state index is 13.7. The van der Waals surface area contributed by atoms with Crippen molar-refractivity contribution >= 4 is 23.0 Å². The van der Waals surface area contributed by atoms with E-state index < -0.39 is 10.7 Å². The molecule has 0 heterocycles. The molecule has 0 radical (unpaired) electrons. The molecule has 0 fully saturated rings. The van der Waals surface area contributed by atoms with Gasteiger partial charge in [0.2, 0.25) is 0 Å². The molecule has 2 aromatic rings. The Morgan fingerprint density at radius 3 is 2.80 bits per heavy atom. The first-order valence-corrected chi connectivity index (χ1v) is 6.28. The lowest BCUT2D eigenvalue weighted by molar-refractivity contribution is -0.385. The van der Waals surface area contributed by atoms with E-state index in [-0.39, 0.29) is 22.9 Å². The lowest BCUT2D eigenvalue weighted by Crippen LogP contribution is -2.03. The third kappa shape index (κ3) is 3.05. The maximum Gasteiger partial charge on any atom is 0.272 e. The van der Waals surface area contributed by atoms with Crippen LogP contribution in [-0.2, 0) is 6.54 Å². The van der Waals surface area contributed by atoms with Gasteiger partial charge < -0.3 is 5.32 Å². The normalized spacial score (nSPS) is 10.3. The molecular formula is C14H12ClFN2O2. The zero-order valence-corrected chi connectivity index (χ0v) is 11.4. The summed E-state index contributed by atoms with van der Waals surface area (Å²) in [7, 11) is 0. The van der Waals surface area contributed by atoms with Crippen LogP contribution in [0.1, 0.15) is 11.1 Å². The molecule has 20 heavy (non-hydrogen) atoms. The van der Waals surface area contributed by atoms with Crippen molar-refractivity contribution in [1.29, 1.82) is 0 Å². The fourth-order valence-corrected chi connectivity index (χ4v) is 1.97. The number of hydrogen-bond donors (Lipinski definition) is 1. The molecule has 0 aliphatic rings. The van der Waals surface area contributed by atoms with Gasteiger partial charge in [-0.2, -0.15) is 0 Å². The van der Waals surface area contributed by atoms with Crippen molar-refractivity contribution in [2.45, 2.75) is 13.5 Å². The van der Waals surface area contributed by atoms with Gasteiger partial charge in [0.25, 0.3) is 5.69 Å². The van der Waals surface area contributed by atoms with Gasteiger partial charge >= 0.3 is 0 Å². The molecule has 0 aliphatic heterocycles. The minimum Gasteiger partial charge on any atom is -0.379 e. The van der Waals surface area contributed by atoms with Gasteiger partial charge in [-0.1, -0.05) is 29.8 Å². The quantitative estimate of drug-likeness (QED) is 0.675. The van der Waals surface area contributed by atoms with Gasteiger partial charge in [0.05, 0.1) is 15.6 Å². The molecule has 0 aliphatic carbocycles. The van der Waals surface area contributed by atoms with E-state index in [4.69, 9.17) is 11.6 Å². The first kappa shape index (κ1) is 14.3. The van der Waals surface area contributed by atoms with E-state index in [0.717, 1.165) is 0 Å². The van der Waals surface area contributed by atoms with Crippen LogP contribution in [0.5, 0.6) is 0 Å². The monoisotopic (exact) mass is 294 g/mol. The van der Waals surface area contributed by atoms with Crippen LogP contribution >= 0.6 is 11.6 Å². The van der Waals surface area contributed by atoms with Gasteiger partial charge in [-0.25, -0.2) is 4.39 Å². The molecule has 2 rings (SSSR count). The van der Waals surface area contributed by atoms with E-state index in [1.165, 1.54) is 12.1 Å². The van der Waals surface area contributed by atoms with Crippen LogP contribution < -0.4 is 5.32 Å². The van der Waals surface area contributed by atoms with Gasteiger partial charge in [0.1, 0.15) is 0 Å². The van der Waals surface area contributed by atoms with E-state index in [1.54, 1.807) is 31.2 Å². The number of anilines is 1. The van der Waals surface area contributed by atoms with E-state index >= 15 is 0 Å². The summed E-state index contributed by atoms with van der Waals surface area (Å²) in [5, 5.41) is 13.8. The zero-order valence-electron chi connectivity index (χ0n) is 10.7. The fraction of sp³-hybridized carbons (Fsp3) is 0.143. The Balaban J connectivity index is 2.17. The number of benzene rings is 2. The highest BCUT2D eigenvalue weighted by Gasteiger charge is 2.11. The smallest absolute Gasteiger partial charge is 0.272 e. The predicted octanol–water partition coefficient (Wildman–Crippen LogP) is 4.31. The van der Waals surface area contributed by atoms with Crippen LogP contribution in [0.25, 0.3) is 0 Å². The summed E-state index contributed by atoms with van der Waals surface area (Å²) in [6.07, 6.45) is 0. The van der Waals surface area contributed by atoms with Crippen molar-refractivity contribution in [3.63, 3.8) is 0 Å². The Kier molecular flexibility index (Phi) is 4.20. The van der Waals surface area contributed by atoms with E-state index in [0.29, 0.717) is 11.1 Å². The topological polar surface area (TPSA) is 55.2 Å². The van der Waals surface area contributed by atoms with Crippen LogP contribution in [0.2, 0.25) is 5.02 Å². The first-order valence-electron chi connectivity index (χ1n) is 5.91. The predicted molar refractivity (Wildman–Crippen MR) is 76.6 cm³/mol. The van der Waals surface area contributed by atoms with E-state index in [1.807, 2.05) is 0 Å². The molecule has 0 saturated heterocycles. The number of aryl methyl sites for hydroxylation is 1. The molecule has 0 unspecified atom stereocenters. The number of rotatable bonds is 4. The first-order chi connectivity index (χ1) is 9.49. The third-order valence-electron chi connectivity index (χ3n) is 2.90. The molecular weight excluding hydrogens is 283 g/mol. The molecule has 0 amide bonds. The zero-order chi connectivity index (χ0) is 14.7. The Labute approximate surface area is 120 Å². The molecule has 0 spiro atoms. The number of nitrogens with zero attached hydrogens (tertiary/aromatic N) is 1. The molecule has 0 bridgehead atoms. The molecule has 0 atom stereocenters. The maximum atomic E-state index is 13.7. The number of nitro benzene ring substituents is 1. The second-order valence-electron chi connectivity index (χ2n) is 4.33. The highest BCUT2D eigenvalue weighted by Crippen LogP contribution is 2.24. The van der Waals surface area contributed by atoms with Gasteiger partial charge in [-0.15, -0.1) is 0 Å². The summed E-state index contributed by atoms with van der Waals surface area (Å²) in [6, 6.07) is 9.56. The molecule has 0 saturated carbocycles. The Morgan fingerprint density at radius 1 is 1.35 bits per heavy atom. The van der Waals surface area contributed by atoms with Crippen molar-refractivity contribution in [3.8, 4) is 0 Å². The minimum absolute atomic E-state index is 0.0323. The van der Waals surface area contributed by atoms with Crippen LogP contribution in [0.15, 0.2) is 36.4 Å². The second kappa shape index (κ2) is 5.88. The summed E-state index contributed by atoms with van der Waals surface area (Å²) in [5.41, 5.74) is 1.60. The largest absolute Gasteiger partial charge is 0.379 e. The lowest BCUT2D eigenvalue weighted by atomic mass is 10.1. The Bertz CT molecular complexity index is 662. The van der Waals surface area contributed by atoms with Gasteiger partial charge in [-0.05, 0) is 24.6 Å². The highest BCUT2D eigenvalue weighted by molar-refractivity contribution is 6.31. The molecule has 4 nitrogen and oxygen atoms in total. The van der Waals surface area contributed by atoms with Crippen molar-refractivity contribution in [3.05, 3.63) is 68.5 Å². The number of hydrogen-bond acceptors (Lipinski definition) is 3. The molecule has 0 aromatic heterocycles. The van der Waals surface area contributed by atoms with Crippen molar-refractivity contribution < 1.29 is 9.31 Å². The van der Waals surface area contributed by atoms with E-state index in [9.17, 15) is 14.5 Å². The number of halogens is 2. The van der Waals surface area contributed by atoms with Crippen molar-refractivity contribution in [1.82, 2.24) is 0 Å². The summed E-state index contributed by atoms with van der Waals surface area (Å²) in [4.78, 5) is 10.4. The lowest BCUT2D eigenvalue weighted by Gasteiger charge is -2.09. The SMILES string of the molecule is Cc1ccc(CNc2cccc(Cl)c2F)cc1[N+](=O)[O-]. The fourth-order valence-electron chi connectivity index (χ4n) is 1.80. The standard InChI is InChI=1S/C14H12ClFN2O2/c1-9-5-6-10(7-13(9)18(19)20)8-17-12-4-2-3-11(15)14(12)16/h2-7,17H,8H2,1H3. The minimum atomic E-state index is -0.532. The highest BCUT2D eigenvalue weighted by atomic mass is 35.5. The van der Waals surface area contributed by atoms with Crippen LogP contribution in [-0.4, -0.2) is 4.92 Å². The average molecular weight is 295 g/mol. The van der Waals surface area contributed by atoms with Crippen molar-refractivity contribution in [2.24, 2.45) is 0 Å². The Morgan fingerprint density at radius 2 is 2.10 bits per heavy atom. The summed E-state index contributed by atoms with van der Waals surface area (Å²) in [6.45, 7) is 1.95. The molecule has 1 N–H and O–H groups in total. The summed E-state index contributed by atoms with van der Waals surface area (Å²) < 4.78 is 13.7. The van der Waals surface area contributed by atoms with Gasteiger partial charge in [-0.3, -0.25) is 10.1 Å². The molecule has 2 aromatic carbocycles. The molecule has 104 valence electrons. The third-order valence-corrected chi connectivity index (χ3v) is 3.20.